The molecule has 1 nitrogen and oxygen atoms in total. The molecule has 0 bridgehead atoms. The Hall–Kier alpha value is -0.600. The zero-order chi connectivity index (χ0) is 10.9. The Labute approximate surface area is 97.2 Å². The predicted molar refractivity (Wildman–Crippen MR) is 69.5 cm³/mol. The predicted octanol–water partition coefficient (Wildman–Crippen LogP) is 3.48. The van der Waals surface area contributed by atoms with Crippen LogP contribution in [0.15, 0.2) is 29.7 Å². The molecule has 0 radical (unpaired) electrons. The Bertz CT molecular complexity index is 262. The van der Waals surface area contributed by atoms with Gasteiger partial charge in [-0.25, -0.2) is 0 Å². The van der Waals surface area contributed by atoms with Gasteiger partial charge in [0, 0.05) is 4.88 Å². The summed E-state index contributed by atoms with van der Waals surface area (Å²) in [5.41, 5.74) is 0. The van der Waals surface area contributed by atoms with Crippen LogP contribution in [0.4, 0.5) is 0 Å². The Morgan fingerprint density at radius 1 is 1.40 bits per heavy atom. The van der Waals surface area contributed by atoms with E-state index in [1.165, 1.54) is 4.88 Å². The lowest BCUT2D eigenvalue weighted by molar-refractivity contribution is 0.556. The van der Waals surface area contributed by atoms with Crippen molar-refractivity contribution in [2.45, 2.75) is 26.7 Å². The van der Waals surface area contributed by atoms with Crippen molar-refractivity contribution in [3.8, 4) is 0 Å². The number of rotatable bonds is 7. The van der Waals surface area contributed by atoms with Crippen molar-refractivity contribution in [2.24, 2.45) is 5.92 Å². The van der Waals surface area contributed by atoms with Crippen LogP contribution in [0, 0.1) is 5.92 Å². The fourth-order valence-electron chi connectivity index (χ4n) is 1.32. The van der Waals surface area contributed by atoms with E-state index in [4.69, 9.17) is 0 Å². The van der Waals surface area contributed by atoms with Crippen LogP contribution in [0.5, 0.6) is 0 Å². The molecule has 1 heterocycles. The molecule has 2 heteroatoms. The van der Waals surface area contributed by atoms with E-state index in [1.807, 2.05) is 11.3 Å². The summed E-state index contributed by atoms with van der Waals surface area (Å²) in [5, 5.41) is 5.56. The van der Waals surface area contributed by atoms with Crippen LogP contribution in [0.1, 0.15) is 25.1 Å². The lowest BCUT2D eigenvalue weighted by Gasteiger charge is -2.04. The normalized spacial score (nSPS) is 11.7. The zero-order valence-electron chi connectivity index (χ0n) is 9.70. The molecule has 0 unspecified atom stereocenters. The van der Waals surface area contributed by atoms with Gasteiger partial charge in [0.1, 0.15) is 0 Å². The number of hydrogen-bond acceptors (Lipinski definition) is 2. The van der Waals surface area contributed by atoms with E-state index in [-0.39, 0.29) is 0 Å². The van der Waals surface area contributed by atoms with E-state index >= 15 is 0 Å². The molecule has 0 amide bonds. The van der Waals surface area contributed by atoms with Crippen molar-refractivity contribution in [1.29, 1.82) is 0 Å². The molecule has 0 saturated carbocycles. The summed E-state index contributed by atoms with van der Waals surface area (Å²) in [6, 6.07) is 4.30. The van der Waals surface area contributed by atoms with E-state index in [0.29, 0.717) is 0 Å². The Morgan fingerprint density at radius 2 is 2.27 bits per heavy atom. The molecule has 0 spiro atoms. The van der Waals surface area contributed by atoms with Gasteiger partial charge < -0.3 is 5.32 Å². The summed E-state index contributed by atoms with van der Waals surface area (Å²) in [7, 11) is 0. The summed E-state index contributed by atoms with van der Waals surface area (Å²) in [6.07, 6.45) is 6.76. The van der Waals surface area contributed by atoms with Gasteiger partial charge in [0.05, 0.1) is 0 Å². The summed E-state index contributed by atoms with van der Waals surface area (Å²) in [6.45, 7) is 6.69. The summed E-state index contributed by atoms with van der Waals surface area (Å²) < 4.78 is 0. The molecular formula is C13H21NS. The van der Waals surface area contributed by atoms with Gasteiger partial charge in [0.25, 0.3) is 0 Å². The molecule has 1 aromatic heterocycles. The van der Waals surface area contributed by atoms with E-state index < -0.39 is 0 Å². The molecule has 1 aromatic rings. The van der Waals surface area contributed by atoms with Crippen LogP contribution in [0.2, 0.25) is 0 Å². The molecule has 0 saturated heterocycles. The minimum Gasteiger partial charge on any atom is -0.316 e. The average Bonchev–Trinajstić information content (AvgIpc) is 2.68. The second kappa shape index (κ2) is 7.66. The molecule has 1 N–H and O–H groups in total. The van der Waals surface area contributed by atoms with Crippen LogP contribution in [0.3, 0.4) is 0 Å². The largest absolute Gasteiger partial charge is 0.316 e. The van der Waals surface area contributed by atoms with Gasteiger partial charge in [-0.3, -0.25) is 0 Å². The highest BCUT2D eigenvalue weighted by Gasteiger charge is 1.91. The molecule has 1 rings (SSSR count). The average molecular weight is 223 g/mol. The first-order valence-corrected chi connectivity index (χ1v) is 6.55. The first-order valence-electron chi connectivity index (χ1n) is 5.67. The van der Waals surface area contributed by atoms with E-state index in [9.17, 15) is 0 Å². The Kier molecular flexibility index (Phi) is 6.37. The molecule has 15 heavy (non-hydrogen) atoms. The monoisotopic (exact) mass is 223 g/mol. The number of thiophene rings is 1. The second-order valence-electron chi connectivity index (χ2n) is 4.14. The fourth-order valence-corrected chi connectivity index (χ4v) is 2.00. The van der Waals surface area contributed by atoms with Gasteiger partial charge in [-0.05, 0) is 43.3 Å². The van der Waals surface area contributed by atoms with Crippen molar-refractivity contribution in [3.63, 3.8) is 0 Å². The maximum absolute atomic E-state index is 3.43. The molecule has 0 fully saturated rings. The van der Waals surface area contributed by atoms with Crippen molar-refractivity contribution >= 4 is 11.3 Å². The van der Waals surface area contributed by atoms with Crippen LogP contribution < -0.4 is 5.32 Å². The van der Waals surface area contributed by atoms with Crippen LogP contribution >= 0.6 is 11.3 Å². The maximum atomic E-state index is 3.43. The van der Waals surface area contributed by atoms with Crippen molar-refractivity contribution in [3.05, 3.63) is 34.5 Å². The van der Waals surface area contributed by atoms with Gasteiger partial charge in [-0.15, -0.1) is 11.3 Å². The Morgan fingerprint density at radius 3 is 2.93 bits per heavy atom. The standard InChI is InChI=1S/C13H21NS/c1-12(2)11-14-9-5-3-4-7-13-8-6-10-15-13/h3-4,6,8,10,12,14H,5,7,9,11H2,1-2H3. The topological polar surface area (TPSA) is 12.0 Å². The third-order valence-corrected chi connectivity index (χ3v) is 3.00. The van der Waals surface area contributed by atoms with E-state index in [2.05, 4.69) is 48.8 Å². The SMILES string of the molecule is CC(C)CNCCC=CCc1cccs1. The molecule has 0 aliphatic rings. The lowest BCUT2D eigenvalue weighted by atomic mass is 10.2. The quantitative estimate of drug-likeness (QED) is 0.551. The number of allylic oxidation sites excluding steroid dienone is 1. The molecule has 0 atom stereocenters. The maximum Gasteiger partial charge on any atom is 0.00828 e. The fraction of sp³-hybridized carbons (Fsp3) is 0.538. The van der Waals surface area contributed by atoms with Crippen molar-refractivity contribution in [1.82, 2.24) is 5.32 Å². The third kappa shape index (κ3) is 6.47. The number of nitrogens with one attached hydrogen (secondary N) is 1. The molecule has 84 valence electrons. The summed E-state index contributed by atoms with van der Waals surface area (Å²) >= 11 is 1.83. The van der Waals surface area contributed by atoms with Crippen LogP contribution in [-0.2, 0) is 6.42 Å². The van der Waals surface area contributed by atoms with Crippen LogP contribution in [0.25, 0.3) is 0 Å². The zero-order valence-corrected chi connectivity index (χ0v) is 10.5. The molecule has 0 aliphatic heterocycles. The van der Waals surface area contributed by atoms with Gasteiger partial charge in [-0.2, -0.15) is 0 Å². The highest BCUT2D eigenvalue weighted by Crippen LogP contribution is 2.09. The first-order chi connectivity index (χ1) is 7.29. The van der Waals surface area contributed by atoms with Crippen LogP contribution in [-0.4, -0.2) is 13.1 Å². The highest BCUT2D eigenvalue weighted by atomic mass is 32.1. The first kappa shape index (κ1) is 12.5. The summed E-state index contributed by atoms with van der Waals surface area (Å²) in [4.78, 5) is 1.45. The summed E-state index contributed by atoms with van der Waals surface area (Å²) in [5.74, 6) is 0.750. The second-order valence-corrected chi connectivity index (χ2v) is 5.17. The van der Waals surface area contributed by atoms with E-state index in [1.54, 1.807) is 0 Å². The minimum atomic E-state index is 0.750. The van der Waals surface area contributed by atoms with Gasteiger partial charge >= 0.3 is 0 Å². The van der Waals surface area contributed by atoms with Gasteiger partial charge in [0.2, 0.25) is 0 Å². The lowest BCUT2D eigenvalue weighted by Crippen LogP contribution is -2.20. The molecular weight excluding hydrogens is 202 g/mol. The molecule has 0 aromatic carbocycles. The smallest absolute Gasteiger partial charge is 0.00828 e. The third-order valence-electron chi connectivity index (χ3n) is 2.11. The van der Waals surface area contributed by atoms with Gasteiger partial charge in [-0.1, -0.05) is 32.1 Å². The van der Waals surface area contributed by atoms with Gasteiger partial charge in [0.15, 0.2) is 0 Å². The van der Waals surface area contributed by atoms with E-state index in [0.717, 1.165) is 31.8 Å². The van der Waals surface area contributed by atoms with Crippen molar-refractivity contribution in [2.75, 3.05) is 13.1 Å². The number of hydrogen-bond donors (Lipinski definition) is 1. The Balaban J connectivity index is 1.98. The minimum absolute atomic E-state index is 0.750. The molecule has 0 aliphatic carbocycles. The highest BCUT2D eigenvalue weighted by molar-refractivity contribution is 7.09. The van der Waals surface area contributed by atoms with Crippen molar-refractivity contribution < 1.29 is 0 Å².